The molecule has 0 aliphatic rings. The van der Waals surface area contributed by atoms with Gasteiger partial charge in [-0.15, -0.1) is 22.7 Å². The molecule has 0 bridgehead atoms. The summed E-state index contributed by atoms with van der Waals surface area (Å²) in [5, 5.41) is 17.1. The lowest BCUT2D eigenvalue weighted by Crippen LogP contribution is -2.04. The highest BCUT2D eigenvalue weighted by Gasteiger charge is 2.05. The molecule has 3 aromatic heterocycles. The highest BCUT2D eigenvalue weighted by Crippen LogP contribution is 2.28. The van der Waals surface area contributed by atoms with Gasteiger partial charge in [-0.3, -0.25) is 0 Å². The van der Waals surface area contributed by atoms with Crippen LogP contribution in [0.5, 0.6) is 5.88 Å². The lowest BCUT2D eigenvalue weighted by Gasteiger charge is -2.06. The van der Waals surface area contributed by atoms with Gasteiger partial charge >= 0.3 is 0 Å². The van der Waals surface area contributed by atoms with Crippen molar-refractivity contribution in [3.05, 3.63) is 46.9 Å². The van der Waals surface area contributed by atoms with Crippen LogP contribution in [-0.4, -0.2) is 28.3 Å². The van der Waals surface area contributed by atoms with E-state index in [0.29, 0.717) is 12.4 Å². The lowest BCUT2D eigenvalue weighted by atomic mass is 10.4. The minimum Gasteiger partial charge on any atom is -0.475 e. The van der Waals surface area contributed by atoms with E-state index < -0.39 is 0 Å². The van der Waals surface area contributed by atoms with Crippen molar-refractivity contribution in [3.63, 3.8) is 0 Å². The van der Waals surface area contributed by atoms with Crippen LogP contribution in [0.1, 0.15) is 5.69 Å². The normalized spacial score (nSPS) is 10.6. The minimum atomic E-state index is -0.0158. The first-order valence-electron chi connectivity index (χ1n) is 6.77. The molecule has 0 fully saturated rings. The van der Waals surface area contributed by atoms with Gasteiger partial charge in [0.2, 0.25) is 5.88 Å². The predicted molar refractivity (Wildman–Crippen MR) is 89.6 cm³/mol. The fourth-order valence-electron chi connectivity index (χ4n) is 1.81. The number of aliphatic hydroxyl groups is 1. The zero-order valence-electron chi connectivity index (χ0n) is 11.7. The highest BCUT2D eigenvalue weighted by atomic mass is 32.1. The minimum absolute atomic E-state index is 0.0158. The Morgan fingerprint density at radius 1 is 1.23 bits per heavy atom. The number of aromatic nitrogens is 2. The van der Waals surface area contributed by atoms with Crippen LogP contribution in [0.2, 0.25) is 0 Å². The Morgan fingerprint density at radius 2 is 2.18 bits per heavy atom. The quantitative estimate of drug-likeness (QED) is 0.695. The van der Waals surface area contributed by atoms with E-state index in [-0.39, 0.29) is 13.2 Å². The van der Waals surface area contributed by atoms with Gasteiger partial charge in [0.15, 0.2) is 0 Å². The van der Waals surface area contributed by atoms with E-state index in [1.165, 1.54) is 4.88 Å². The molecule has 7 heteroatoms. The first-order valence-corrected chi connectivity index (χ1v) is 8.53. The fourth-order valence-corrected chi connectivity index (χ4v) is 3.45. The van der Waals surface area contributed by atoms with Gasteiger partial charge in [0.05, 0.1) is 35.6 Å². The summed E-state index contributed by atoms with van der Waals surface area (Å²) in [6.45, 7) is 0.891. The maximum Gasteiger partial charge on any atom is 0.213 e. The molecule has 0 saturated heterocycles. The van der Waals surface area contributed by atoms with Crippen LogP contribution < -0.4 is 10.1 Å². The van der Waals surface area contributed by atoms with Gasteiger partial charge in [0.25, 0.3) is 0 Å². The van der Waals surface area contributed by atoms with Crippen LogP contribution in [0.25, 0.3) is 9.88 Å². The molecule has 3 rings (SSSR count). The van der Waals surface area contributed by atoms with Crippen LogP contribution in [0.15, 0.2) is 41.2 Å². The standard InChI is InChI=1S/C15H15N3O2S2/c19-5-6-20-14-4-3-11(8-17-14)16-9-12-10-22-15(18-12)13-2-1-7-21-13/h1-4,7-8,10,16,19H,5-6,9H2. The van der Waals surface area contributed by atoms with Crippen molar-refractivity contribution in [2.75, 3.05) is 18.5 Å². The molecule has 22 heavy (non-hydrogen) atoms. The number of ether oxygens (including phenoxy) is 1. The molecule has 0 amide bonds. The SMILES string of the molecule is OCCOc1ccc(NCc2csc(-c3cccs3)n2)cn1. The van der Waals surface area contributed by atoms with Crippen molar-refractivity contribution in [1.82, 2.24) is 9.97 Å². The second-order valence-corrected chi connectivity index (χ2v) is 6.24. The monoisotopic (exact) mass is 333 g/mol. The summed E-state index contributed by atoms with van der Waals surface area (Å²) in [7, 11) is 0. The maximum absolute atomic E-state index is 8.69. The number of aliphatic hydroxyl groups excluding tert-OH is 1. The van der Waals surface area contributed by atoms with Crippen LogP contribution >= 0.6 is 22.7 Å². The first kappa shape index (κ1) is 15.0. The molecule has 3 heterocycles. The molecule has 0 spiro atoms. The Kier molecular flexibility index (Phi) is 4.99. The summed E-state index contributed by atoms with van der Waals surface area (Å²) >= 11 is 3.35. The van der Waals surface area contributed by atoms with E-state index >= 15 is 0 Å². The Labute approximate surface area is 136 Å². The van der Waals surface area contributed by atoms with Crippen LogP contribution in [0, 0.1) is 0 Å². The van der Waals surface area contributed by atoms with Gasteiger partial charge in [-0.25, -0.2) is 9.97 Å². The topological polar surface area (TPSA) is 67.3 Å². The van der Waals surface area contributed by atoms with Crippen molar-refractivity contribution < 1.29 is 9.84 Å². The summed E-state index contributed by atoms with van der Waals surface area (Å²) < 4.78 is 5.22. The second kappa shape index (κ2) is 7.35. The van der Waals surface area contributed by atoms with Gasteiger partial charge in [0.1, 0.15) is 11.6 Å². The van der Waals surface area contributed by atoms with Crippen molar-refractivity contribution in [3.8, 4) is 15.8 Å². The number of anilines is 1. The Bertz CT molecular complexity index is 696. The van der Waals surface area contributed by atoms with E-state index in [2.05, 4.69) is 32.1 Å². The second-order valence-electron chi connectivity index (χ2n) is 4.43. The van der Waals surface area contributed by atoms with Crippen molar-refractivity contribution in [1.29, 1.82) is 0 Å². The number of hydrogen-bond donors (Lipinski definition) is 2. The number of pyridine rings is 1. The van der Waals surface area contributed by atoms with Gasteiger partial charge in [-0.2, -0.15) is 0 Å². The first-order chi connectivity index (χ1) is 10.8. The van der Waals surface area contributed by atoms with E-state index in [1.54, 1.807) is 34.9 Å². The smallest absolute Gasteiger partial charge is 0.213 e. The summed E-state index contributed by atoms with van der Waals surface area (Å²) in [4.78, 5) is 9.98. The molecule has 0 radical (unpaired) electrons. The number of nitrogens with one attached hydrogen (secondary N) is 1. The molecule has 0 unspecified atom stereocenters. The predicted octanol–water partition coefficient (Wildman–Crippen LogP) is 3.25. The summed E-state index contributed by atoms with van der Waals surface area (Å²) in [6.07, 6.45) is 1.71. The largest absolute Gasteiger partial charge is 0.475 e. The van der Waals surface area contributed by atoms with Crippen LogP contribution in [0.4, 0.5) is 5.69 Å². The molecule has 0 aliphatic carbocycles. The third-order valence-corrected chi connectivity index (χ3v) is 4.77. The molecule has 2 N–H and O–H groups in total. The number of thiophene rings is 1. The van der Waals surface area contributed by atoms with Crippen LogP contribution in [-0.2, 0) is 6.54 Å². The number of thiazole rings is 1. The van der Waals surface area contributed by atoms with Crippen molar-refractivity contribution >= 4 is 28.4 Å². The van der Waals surface area contributed by atoms with Gasteiger partial charge < -0.3 is 15.2 Å². The van der Waals surface area contributed by atoms with Crippen molar-refractivity contribution in [2.24, 2.45) is 0 Å². The molecular formula is C15H15N3O2S2. The van der Waals surface area contributed by atoms with Crippen molar-refractivity contribution in [2.45, 2.75) is 6.54 Å². The fraction of sp³-hybridized carbons (Fsp3) is 0.200. The zero-order valence-corrected chi connectivity index (χ0v) is 13.4. The van der Waals surface area contributed by atoms with Crippen LogP contribution in [0.3, 0.4) is 0 Å². The number of nitrogens with zero attached hydrogens (tertiary/aromatic N) is 2. The molecule has 0 aliphatic heterocycles. The molecule has 0 aromatic carbocycles. The Hall–Kier alpha value is -1.96. The molecule has 0 saturated carbocycles. The highest BCUT2D eigenvalue weighted by molar-refractivity contribution is 7.20. The van der Waals surface area contributed by atoms with E-state index in [4.69, 9.17) is 9.84 Å². The summed E-state index contributed by atoms with van der Waals surface area (Å²) in [5.41, 5.74) is 1.91. The van der Waals surface area contributed by atoms with Gasteiger partial charge in [-0.05, 0) is 17.5 Å². The lowest BCUT2D eigenvalue weighted by molar-refractivity contribution is 0.196. The molecule has 3 aromatic rings. The van der Waals surface area contributed by atoms with Gasteiger partial charge in [0, 0.05) is 11.4 Å². The molecule has 114 valence electrons. The van der Waals surface area contributed by atoms with E-state index in [0.717, 1.165) is 16.4 Å². The Morgan fingerprint density at radius 3 is 2.91 bits per heavy atom. The third kappa shape index (κ3) is 3.82. The number of rotatable bonds is 7. The molecular weight excluding hydrogens is 318 g/mol. The average molecular weight is 333 g/mol. The summed E-state index contributed by atoms with van der Waals surface area (Å²) in [5.74, 6) is 0.508. The number of hydrogen-bond acceptors (Lipinski definition) is 7. The molecule has 5 nitrogen and oxygen atoms in total. The summed E-state index contributed by atoms with van der Waals surface area (Å²) in [6, 6.07) is 7.78. The van der Waals surface area contributed by atoms with Gasteiger partial charge in [-0.1, -0.05) is 6.07 Å². The third-order valence-electron chi connectivity index (χ3n) is 2.83. The van der Waals surface area contributed by atoms with E-state index in [1.807, 2.05) is 12.1 Å². The van der Waals surface area contributed by atoms with E-state index in [9.17, 15) is 0 Å². The molecule has 0 atom stereocenters. The maximum atomic E-state index is 8.69. The Balaban J connectivity index is 1.56. The average Bonchev–Trinajstić information content (AvgIpc) is 3.23. The zero-order chi connectivity index (χ0) is 15.2.